The van der Waals surface area contributed by atoms with Crippen LogP contribution in [-0.4, -0.2) is 55.2 Å². The molecule has 4 rings (SSSR count). The summed E-state index contributed by atoms with van der Waals surface area (Å²) in [7, 11) is 0. The zero-order chi connectivity index (χ0) is 22.7. The number of nitrogens with zero attached hydrogens (tertiary/aromatic N) is 2. The minimum atomic E-state index is -0.175. The van der Waals surface area contributed by atoms with E-state index in [4.69, 9.17) is 15.5 Å². The van der Waals surface area contributed by atoms with Crippen LogP contribution >= 0.6 is 0 Å². The fourth-order valence-corrected chi connectivity index (χ4v) is 5.77. The molecule has 32 heavy (non-hydrogen) atoms. The number of aliphatic imine (C=N–C) groups is 1. The molecular formula is C25H39N5O2. The van der Waals surface area contributed by atoms with Crippen molar-refractivity contribution >= 4 is 11.9 Å². The molecule has 0 bridgehead atoms. The predicted octanol–water partition coefficient (Wildman–Crippen LogP) is 2.25. The van der Waals surface area contributed by atoms with Gasteiger partial charge in [-0.15, -0.1) is 0 Å². The van der Waals surface area contributed by atoms with Crippen LogP contribution < -0.4 is 16.4 Å². The number of nitrogens with one attached hydrogen (secondary N) is 2. The summed E-state index contributed by atoms with van der Waals surface area (Å²) >= 11 is 0. The molecule has 2 aliphatic heterocycles. The molecule has 1 aromatic carbocycles. The highest BCUT2D eigenvalue weighted by Gasteiger charge is 2.59. The van der Waals surface area contributed by atoms with Gasteiger partial charge in [-0.05, 0) is 43.9 Å². The van der Waals surface area contributed by atoms with E-state index in [2.05, 4.69) is 60.6 Å². The first-order valence-corrected chi connectivity index (χ1v) is 12.1. The number of piperidine rings is 1. The Hall–Kier alpha value is -2.12. The second-order valence-electron chi connectivity index (χ2n) is 10.2. The molecule has 4 atom stereocenters. The van der Waals surface area contributed by atoms with Crippen LogP contribution in [0.1, 0.15) is 51.2 Å². The molecule has 1 aliphatic carbocycles. The minimum absolute atomic E-state index is 0.0223. The highest BCUT2D eigenvalue weighted by Crippen LogP contribution is 2.52. The fraction of sp³-hybridized carbons (Fsp3) is 0.680. The maximum Gasteiger partial charge on any atom is 0.221 e. The molecule has 1 saturated carbocycles. The molecule has 1 aromatic rings. The summed E-state index contributed by atoms with van der Waals surface area (Å²) in [5, 5.41) is 7.10. The summed E-state index contributed by atoms with van der Waals surface area (Å²) in [6.45, 7) is 11.6. The maximum absolute atomic E-state index is 11.6. The zero-order valence-electron chi connectivity index (χ0n) is 19.8. The van der Waals surface area contributed by atoms with E-state index in [1.54, 1.807) is 0 Å². The Labute approximate surface area is 192 Å². The molecule has 1 amide bonds. The van der Waals surface area contributed by atoms with E-state index in [0.717, 1.165) is 58.0 Å². The molecular weight excluding hydrogens is 402 g/mol. The van der Waals surface area contributed by atoms with Gasteiger partial charge in [0, 0.05) is 43.6 Å². The molecule has 2 saturated heterocycles. The van der Waals surface area contributed by atoms with Gasteiger partial charge < -0.3 is 21.1 Å². The van der Waals surface area contributed by atoms with E-state index in [0.29, 0.717) is 24.6 Å². The Bertz CT molecular complexity index is 839. The summed E-state index contributed by atoms with van der Waals surface area (Å²) in [5.41, 5.74) is 8.10. The van der Waals surface area contributed by atoms with Gasteiger partial charge >= 0.3 is 0 Å². The third-order valence-corrected chi connectivity index (χ3v) is 7.46. The summed E-state index contributed by atoms with van der Waals surface area (Å²) in [6.07, 6.45) is 3.43. The summed E-state index contributed by atoms with van der Waals surface area (Å²) in [6, 6.07) is 9.01. The van der Waals surface area contributed by atoms with E-state index in [9.17, 15) is 4.79 Å². The Morgan fingerprint density at radius 1 is 1.31 bits per heavy atom. The lowest BCUT2D eigenvalue weighted by atomic mass is 9.57. The number of carbonyl (C=O) groups excluding carboxylic acids is 1. The lowest BCUT2D eigenvalue weighted by Gasteiger charge is -2.54. The van der Waals surface area contributed by atoms with Gasteiger partial charge in [0.05, 0.1) is 18.6 Å². The molecule has 7 nitrogen and oxygen atoms in total. The highest BCUT2D eigenvalue weighted by atomic mass is 16.5. The van der Waals surface area contributed by atoms with Crippen LogP contribution in [0, 0.1) is 17.3 Å². The van der Waals surface area contributed by atoms with Gasteiger partial charge in [-0.2, -0.15) is 0 Å². The van der Waals surface area contributed by atoms with Gasteiger partial charge in [0.2, 0.25) is 5.91 Å². The number of amides is 1. The summed E-state index contributed by atoms with van der Waals surface area (Å²) in [5.74, 6) is 1.25. The molecule has 4 unspecified atom stereocenters. The standard InChI is InChI=1S/C25H39N5O2/c1-4-27-24(29-21-20-10-12-32-22(20)25(21,2)3)28-14-17-7-5-8-18(13-17)15-30-11-6-9-19(16-30)23(26)31/h5,7-8,13,19-22H,4,6,9-12,14-16H2,1-3H3,(H2,26,31)(H2,27,28,29). The Kier molecular flexibility index (Phi) is 7.05. The van der Waals surface area contributed by atoms with E-state index in [-0.39, 0.29) is 17.2 Å². The van der Waals surface area contributed by atoms with Crippen molar-refractivity contribution < 1.29 is 9.53 Å². The average Bonchev–Trinajstić information content (AvgIpc) is 3.23. The number of carbonyl (C=O) groups is 1. The lowest BCUT2D eigenvalue weighted by molar-refractivity contribution is -0.123. The molecule has 7 heteroatoms. The minimum Gasteiger partial charge on any atom is -0.377 e. The van der Waals surface area contributed by atoms with E-state index in [1.807, 2.05) is 0 Å². The van der Waals surface area contributed by atoms with Crippen LogP contribution in [0.5, 0.6) is 0 Å². The topological polar surface area (TPSA) is 92.0 Å². The van der Waals surface area contributed by atoms with Crippen molar-refractivity contribution in [3.05, 3.63) is 35.4 Å². The number of guanidine groups is 1. The van der Waals surface area contributed by atoms with Crippen molar-refractivity contribution in [2.75, 3.05) is 26.2 Å². The van der Waals surface area contributed by atoms with Crippen molar-refractivity contribution in [2.24, 2.45) is 28.0 Å². The zero-order valence-corrected chi connectivity index (χ0v) is 19.8. The fourth-order valence-electron chi connectivity index (χ4n) is 5.77. The number of nitrogens with two attached hydrogens (primary N) is 1. The molecule has 0 radical (unpaired) electrons. The number of likely N-dealkylation sites (tertiary alicyclic amines) is 1. The van der Waals surface area contributed by atoms with Gasteiger partial charge in [-0.1, -0.05) is 38.1 Å². The predicted molar refractivity (Wildman–Crippen MR) is 127 cm³/mol. The van der Waals surface area contributed by atoms with Gasteiger partial charge in [-0.3, -0.25) is 9.69 Å². The number of ether oxygens (including phenoxy) is 1. The van der Waals surface area contributed by atoms with Gasteiger partial charge in [0.15, 0.2) is 5.96 Å². The third kappa shape index (κ3) is 4.94. The van der Waals surface area contributed by atoms with Crippen LogP contribution in [-0.2, 0) is 22.6 Å². The number of hydrogen-bond acceptors (Lipinski definition) is 4. The lowest BCUT2D eigenvalue weighted by Crippen LogP contribution is -2.67. The molecule has 3 aliphatic rings. The Balaban J connectivity index is 1.37. The first-order valence-electron chi connectivity index (χ1n) is 12.1. The molecule has 0 aromatic heterocycles. The number of benzene rings is 1. The quantitative estimate of drug-likeness (QED) is 0.446. The van der Waals surface area contributed by atoms with E-state index < -0.39 is 0 Å². The van der Waals surface area contributed by atoms with Crippen molar-refractivity contribution in [2.45, 2.75) is 65.3 Å². The van der Waals surface area contributed by atoms with Crippen LogP contribution in [0.4, 0.5) is 0 Å². The van der Waals surface area contributed by atoms with Crippen LogP contribution in [0.2, 0.25) is 0 Å². The Morgan fingerprint density at radius 3 is 2.91 bits per heavy atom. The van der Waals surface area contributed by atoms with E-state index in [1.165, 1.54) is 11.1 Å². The first kappa shape index (κ1) is 23.1. The van der Waals surface area contributed by atoms with E-state index >= 15 is 0 Å². The molecule has 4 N–H and O–H groups in total. The molecule has 3 fully saturated rings. The van der Waals surface area contributed by atoms with Gasteiger partial charge in [-0.25, -0.2) is 4.99 Å². The van der Waals surface area contributed by atoms with Gasteiger partial charge in [0.1, 0.15) is 0 Å². The average molecular weight is 442 g/mol. The normalized spacial score (nSPS) is 29.8. The smallest absolute Gasteiger partial charge is 0.221 e. The van der Waals surface area contributed by atoms with Crippen LogP contribution in [0.3, 0.4) is 0 Å². The molecule has 0 spiro atoms. The van der Waals surface area contributed by atoms with Gasteiger partial charge in [0.25, 0.3) is 0 Å². The van der Waals surface area contributed by atoms with Crippen molar-refractivity contribution in [1.82, 2.24) is 15.5 Å². The number of fused-ring (bicyclic) bond motifs is 1. The second kappa shape index (κ2) is 9.79. The Morgan fingerprint density at radius 2 is 2.12 bits per heavy atom. The second-order valence-corrected chi connectivity index (χ2v) is 10.2. The van der Waals surface area contributed by atoms with Crippen molar-refractivity contribution in [1.29, 1.82) is 0 Å². The van der Waals surface area contributed by atoms with Crippen molar-refractivity contribution in [3.8, 4) is 0 Å². The van der Waals surface area contributed by atoms with Crippen LogP contribution in [0.25, 0.3) is 0 Å². The monoisotopic (exact) mass is 441 g/mol. The first-order chi connectivity index (χ1) is 15.4. The summed E-state index contributed by atoms with van der Waals surface area (Å²) < 4.78 is 5.93. The largest absolute Gasteiger partial charge is 0.377 e. The highest BCUT2D eigenvalue weighted by molar-refractivity contribution is 5.80. The third-order valence-electron chi connectivity index (χ3n) is 7.46. The number of rotatable bonds is 7. The molecule has 2 heterocycles. The number of primary amides is 1. The molecule has 176 valence electrons. The number of hydrogen-bond donors (Lipinski definition) is 3. The summed E-state index contributed by atoms with van der Waals surface area (Å²) in [4.78, 5) is 18.8. The van der Waals surface area contributed by atoms with Crippen molar-refractivity contribution in [3.63, 3.8) is 0 Å². The maximum atomic E-state index is 11.6. The van der Waals surface area contributed by atoms with Crippen LogP contribution in [0.15, 0.2) is 29.3 Å². The SMILES string of the molecule is CCNC(=NCc1cccc(CN2CCCC(C(N)=O)C2)c1)NC1C2CCOC2C1(C)C.